The van der Waals surface area contributed by atoms with E-state index in [1.807, 2.05) is 0 Å². The number of methoxy groups -OCH3 is 1. The monoisotopic (exact) mass is 307 g/mol. The predicted octanol–water partition coefficient (Wildman–Crippen LogP) is 1.67. The minimum Gasteiger partial charge on any atom is -0.490 e. The summed E-state index contributed by atoms with van der Waals surface area (Å²) in [7, 11) is -2.09. The molecule has 1 aromatic rings. The van der Waals surface area contributed by atoms with Gasteiger partial charge in [-0.05, 0) is 6.07 Å². The van der Waals surface area contributed by atoms with E-state index in [0.29, 0.717) is 5.75 Å². The van der Waals surface area contributed by atoms with Gasteiger partial charge in [0.05, 0.1) is 24.9 Å². The van der Waals surface area contributed by atoms with Gasteiger partial charge >= 0.3 is 5.69 Å². The number of ether oxygens (including phenoxy) is 1. The molecule has 19 heavy (non-hydrogen) atoms. The van der Waals surface area contributed by atoms with E-state index in [-0.39, 0.29) is 18.0 Å². The SMILES string of the molecule is COc1cc(SCCOS(C)(=O)=O)ccc1[N+](=O)[O-]. The molecule has 0 N–H and O–H groups in total. The Bertz CT molecular complexity index is 557. The Labute approximate surface area is 115 Å². The van der Waals surface area contributed by atoms with Gasteiger partial charge in [0.15, 0.2) is 5.75 Å². The smallest absolute Gasteiger partial charge is 0.310 e. The Morgan fingerprint density at radius 3 is 2.63 bits per heavy atom. The van der Waals surface area contributed by atoms with Gasteiger partial charge in [-0.3, -0.25) is 14.3 Å². The third kappa shape index (κ3) is 5.45. The lowest BCUT2D eigenvalue weighted by Crippen LogP contribution is -2.05. The van der Waals surface area contributed by atoms with Crippen LogP contribution in [0.3, 0.4) is 0 Å². The molecular weight excluding hydrogens is 294 g/mol. The highest BCUT2D eigenvalue weighted by Gasteiger charge is 2.14. The molecule has 0 aromatic heterocycles. The normalized spacial score (nSPS) is 11.3. The zero-order valence-electron chi connectivity index (χ0n) is 10.4. The van der Waals surface area contributed by atoms with Crippen LogP contribution < -0.4 is 4.74 Å². The van der Waals surface area contributed by atoms with E-state index in [9.17, 15) is 18.5 Å². The quantitative estimate of drug-likeness (QED) is 0.248. The zero-order valence-corrected chi connectivity index (χ0v) is 12.0. The van der Waals surface area contributed by atoms with E-state index >= 15 is 0 Å². The molecule has 0 unspecified atom stereocenters. The predicted molar refractivity (Wildman–Crippen MR) is 71.2 cm³/mol. The molecule has 0 radical (unpaired) electrons. The first-order valence-corrected chi connectivity index (χ1v) is 7.93. The third-order valence-corrected chi connectivity index (χ3v) is 3.55. The molecule has 0 bridgehead atoms. The van der Waals surface area contributed by atoms with Crippen molar-refractivity contribution < 1.29 is 22.3 Å². The van der Waals surface area contributed by atoms with Gasteiger partial charge in [-0.1, -0.05) is 0 Å². The topological polar surface area (TPSA) is 95.7 Å². The maximum Gasteiger partial charge on any atom is 0.310 e. The van der Waals surface area contributed by atoms with Crippen LogP contribution in [0.25, 0.3) is 0 Å². The average Bonchev–Trinajstić information content (AvgIpc) is 2.33. The van der Waals surface area contributed by atoms with Gasteiger partial charge in [-0.15, -0.1) is 11.8 Å². The number of nitro groups is 1. The van der Waals surface area contributed by atoms with E-state index in [0.717, 1.165) is 11.2 Å². The summed E-state index contributed by atoms with van der Waals surface area (Å²) < 4.78 is 31.0. The fourth-order valence-electron chi connectivity index (χ4n) is 1.24. The first kappa shape index (κ1) is 15.7. The molecule has 0 saturated carbocycles. The summed E-state index contributed by atoms with van der Waals surface area (Å²) in [5.74, 6) is 0.577. The largest absolute Gasteiger partial charge is 0.490 e. The van der Waals surface area contributed by atoms with Gasteiger partial charge in [0.25, 0.3) is 10.1 Å². The lowest BCUT2D eigenvalue weighted by atomic mass is 10.3. The van der Waals surface area contributed by atoms with Crippen molar-refractivity contribution in [1.29, 1.82) is 0 Å². The zero-order chi connectivity index (χ0) is 14.5. The van der Waals surface area contributed by atoms with E-state index in [4.69, 9.17) is 4.74 Å². The Kier molecular flexibility index (Phi) is 5.58. The second kappa shape index (κ2) is 6.73. The van der Waals surface area contributed by atoms with Gasteiger partial charge in [-0.25, -0.2) is 0 Å². The van der Waals surface area contributed by atoms with Crippen molar-refractivity contribution in [3.05, 3.63) is 28.3 Å². The highest BCUT2D eigenvalue weighted by molar-refractivity contribution is 7.99. The maximum atomic E-state index is 10.7. The fourth-order valence-corrected chi connectivity index (χ4v) is 2.49. The van der Waals surface area contributed by atoms with Crippen molar-refractivity contribution >= 4 is 27.6 Å². The molecule has 0 aliphatic rings. The lowest BCUT2D eigenvalue weighted by Gasteiger charge is -2.05. The maximum absolute atomic E-state index is 10.7. The molecule has 0 saturated heterocycles. The van der Waals surface area contributed by atoms with E-state index in [1.54, 1.807) is 6.07 Å². The number of benzene rings is 1. The van der Waals surface area contributed by atoms with E-state index in [2.05, 4.69) is 4.18 Å². The fraction of sp³-hybridized carbons (Fsp3) is 0.400. The first-order chi connectivity index (χ1) is 8.83. The summed E-state index contributed by atoms with van der Waals surface area (Å²) in [6.45, 7) is 0.0444. The Morgan fingerprint density at radius 1 is 1.42 bits per heavy atom. The molecule has 7 nitrogen and oxygen atoms in total. The molecule has 0 atom stereocenters. The number of nitrogens with zero attached hydrogens (tertiary/aromatic N) is 1. The molecule has 0 aliphatic carbocycles. The van der Waals surface area contributed by atoms with Crippen LogP contribution in [0.5, 0.6) is 5.75 Å². The van der Waals surface area contributed by atoms with Crippen LogP contribution in [0.1, 0.15) is 0 Å². The molecule has 106 valence electrons. The van der Waals surface area contributed by atoms with Gasteiger partial charge in [0, 0.05) is 22.8 Å². The molecular formula is C10H13NO6S2. The summed E-state index contributed by atoms with van der Waals surface area (Å²) in [4.78, 5) is 10.9. The van der Waals surface area contributed by atoms with Crippen molar-refractivity contribution in [2.45, 2.75) is 4.90 Å². The van der Waals surface area contributed by atoms with Crippen LogP contribution in [-0.2, 0) is 14.3 Å². The highest BCUT2D eigenvalue weighted by Crippen LogP contribution is 2.31. The number of rotatable bonds is 7. The van der Waals surface area contributed by atoms with Crippen molar-refractivity contribution in [2.24, 2.45) is 0 Å². The van der Waals surface area contributed by atoms with Crippen molar-refractivity contribution in [3.63, 3.8) is 0 Å². The van der Waals surface area contributed by atoms with E-state index < -0.39 is 15.0 Å². The van der Waals surface area contributed by atoms with Gasteiger partial charge in [0.2, 0.25) is 0 Å². The highest BCUT2D eigenvalue weighted by atomic mass is 32.2. The second-order valence-corrected chi connectivity index (χ2v) is 6.28. The summed E-state index contributed by atoms with van der Waals surface area (Å²) in [5, 5.41) is 10.7. The van der Waals surface area contributed by atoms with Crippen molar-refractivity contribution in [1.82, 2.24) is 0 Å². The number of nitro benzene ring substituents is 1. The number of thioether (sulfide) groups is 1. The molecule has 9 heteroatoms. The first-order valence-electron chi connectivity index (χ1n) is 5.13. The molecule has 0 heterocycles. The summed E-state index contributed by atoms with van der Waals surface area (Å²) in [5.41, 5.74) is -0.112. The Morgan fingerprint density at radius 2 is 2.11 bits per heavy atom. The minimum absolute atomic E-state index is 0.0444. The third-order valence-electron chi connectivity index (χ3n) is 2.00. The van der Waals surface area contributed by atoms with Crippen LogP contribution in [0, 0.1) is 10.1 Å². The number of hydrogen-bond donors (Lipinski definition) is 0. The molecule has 0 aliphatic heterocycles. The van der Waals surface area contributed by atoms with Gasteiger partial charge in [-0.2, -0.15) is 8.42 Å². The van der Waals surface area contributed by atoms with Crippen LogP contribution in [-0.4, -0.2) is 39.1 Å². The Hall–Kier alpha value is -1.32. The summed E-state index contributed by atoms with van der Waals surface area (Å²) >= 11 is 1.32. The molecule has 1 aromatic carbocycles. The second-order valence-electron chi connectivity index (χ2n) is 3.47. The van der Waals surface area contributed by atoms with E-state index in [1.165, 1.54) is 31.0 Å². The van der Waals surface area contributed by atoms with Crippen LogP contribution in [0.4, 0.5) is 5.69 Å². The van der Waals surface area contributed by atoms with Gasteiger partial charge in [0.1, 0.15) is 0 Å². The van der Waals surface area contributed by atoms with Crippen LogP contribution >= 0.6 is 11.8 Å². The number of hydrogen-bond acceptors (Lipinski definition) is 7. The lowest BCUT2D eigenvalue weighted by molar-refractivity contribution is -0.385. The van der Waals surface area contributed by atoms with Crippen LogP contribution in [0.2, 0.25) is 0 Å². The molecule has 1 rings (SSSR count). The molecule has 0 spiro atoms. The minimum atomic E-state index is -3.44. The van der Waals surface area contributed by atoms with Crippen LogP contribution in [0.15, 0.2) is 23.1 Å². The molecule has 0 amide bonds. The summed E-state index contributed by atoms with van der Waals surface area (Å²) in [6.07, 6.45) is 0.979. The van der Waals surface area contributed by atoms with Gasteiger partial charge < -0.3 is 4.74 Å². The van der Waals surface area contributed by atoms with Crippen molar-refractivity contribution in [2.75, 3.05) is 25.7 Å². The van der Waals surface area contributed by atoms with Crippen molar-refractivity contribution in [3.8, 4) is 5.75 Å². The Balaban J connectivity index is 2.63. The standard InChI is InChI=1S/C10H13NO6S2/c1-16-10-7-8(3-4-9(10)11(12)13)18-6-5-17-19(2,14)15/h3-4,7H,5-6H2,1-2H3. The summed E-state index contributed by atoms with van der Waals surface area (Å²) in [6, 6.07) is 4.45. The molecule has 0 fully saturated rings. The average molecular weight is 307 g/mol.